The van der Waals surface area contributed by atoms with Gasteiger partial charge in [-0.3, -0.25) is 4.79 Å². The predicted molar refractivity (Wildman–Crippen MR) is 66.8 cm³/mol. The number of ether oxygens (including phenoxy) is 1. The van der Waals surface area contributed by atoms with Gasteiger partial charge in [-0.05, 0) is 44.7 Å². The summed E-state index contributed by atoms with van der Waals surface area (Å²) in [7, 11) is 0. The fourth-order valence-corrected chi connectivity index (χ4v) is 2.65. The van der Waals surface area contributed by atoms with Crippen molar-refractivity contribution in [1.29, 1.82) is 0 Å². The maximum absolute atomic E-state index is 12.0. The zero-order valence-corrected chi connectivity index (χ0v) is 10.6. The fourth-order valence-electron chi connectivity index (χ4n) is 2.65. The molecule has 0 bridgehead atoms. The van der Waals surface area contributed by atoms with Crippen LogP contribution in [-0.2, 0) is 9.53 Å². The normalized spacial score (nSPS) is 23.4. The van der Waals surface area contributed by atoms with E-state index in [-0.39, 0.29) is 0 Å². The van der Waals surface area contributed by atoms with Crippen molar-refractivity contribution in [2.24, 2.45) is 5.92 Å². The quantitative estimate of drug-likeness (QED) is 0.800. The highest BCUT2D eigenvalue weighted by Gasteiger charge is 2.18. The molecule has 0 aliphatic carbocycles. The molecule has 17 heavy (non-hydrogen) atoms. The molecule has 0 unspecified atom stereocenters. The summed E-state index contributed by atoms with van der Waals surface area (Å²) in [5.74, 6) is 1.08. The van der Waals surface area contributed by atoms with Gasteiger partial charge >= 0.3 is 0 Å². The first-order valence-electron chi connectivity index (χ1n) is 6.92. The molecule has 0 radical (unpaired) electrons. The van der Waals surface area contributed by atoms with Gasteiger partial charge in [0.25, 0.3) is 0 Å². The Balaban J connectivity index is 1.68. The van der Waals surface area contributed by atoms with Crippen molar-refractivity contribution in [3.05, 3.63) is 0 Å². The minimum Gasteiger partial charge on any atom is -0.380 e. The number of nitrogens with zero attached hydrogens (tertiary/aromatic N) is 1. The third-order valence-electron chi connectivity index (χ3n) is 3.80. The van der Waals surface area contributed by atoms with Gasteiger partial charge in [0, 0.05) is 26.1 Å². The Bertz CT molecular complexity index is 232. The standard InChI is InChI=1S/C13H24N2O2/c16-13(15-8-1-10-17-11-9-15)3-2-12-4-6-14-7-5-12/h12,14H,1-11H2. The molecule has 0 saturated carbocycles. The first kappa shape index (κ1) is 12.8. The first-order valence-corrected chi connectivity index (χ1v) is 6.92. The predicted octanol–water partition coefficient (Wildman–Crippen LogP) is 1.02. The molecule has 4 heteroatoms. The summed E-state index contributed by atoms with van der Waals surface area (Å²) in [6.07, 6.45) is 5.24. The molecule has 0 atom stereocenters. The van der Waals surface area contributed by atoms with Crippen molar-refractivity contribution < 1.29 is 9.53 Å². The molecule has 2 rings (SSSR count). The van der Waals surface area contributed by atoms with Crippen LogP contribution in [0.4, 0.5) is 0 Å². The number of piperidine rings is 1. The van der Waals surface area contributed by atoms with Crippen molar-refractivity contribution in [1.82, 2.24) is 10.2 Å². The highest BCUT2D eigenvalue weighted by atomic mass is 16.5. The molecular formula is C13H24N2O2. The van der Waals surface area contributed by atoms with Crippen LogP contribution in [0, 0.1) is 5.92 Å². The minimum atomic E-state index is 0.328. The number of hydrogen-bond acceptors (Lipinski definition) is 3. The number of carbonyl (C=O) groups excluding carboxylic acids is 1. The molecule has 1 amide bonds. The van der Waals surface area contributed by atoms with E-state index < -0.39 is 0 Å². The summed E-state index contributed by atoms with van der Waals surface area (Å²) in [5.41, 5.74) is 0. The lowest BCUT2D eigenvalue weighted by Crippen LogP contribution is -2.34. The van der Waals surface area contributed by atoms with E-state index in [1.807, 2.05) is 4.90 Å². The van der Waals surface area contributed by atoms with Gasteiger partial charge in [0.05, 0.1) is 6.61 Å². The van der Waals surface area contributed by atoms with Crippen molar-refractivity contribution in [2.45, 2.75) is 32.1 Å². The molecule has 2 aliphatic heterocycles. The van der Waals surface area contributed by atoms with Gasteiger partial charge in [-0.1, -0.05) is 0 Å². The minimum absolute atomic E-state index is 0.328. The summed E-state index contributed by atoms with van der Waals surface area (Å²) < 4.78 is 5.37. The van der Waals surface area contributed by atoms with Crippen LogP contribution in [0.5, 0.6) is 0 Å². The van der Waals surface area contributed by atoms with Gasteiger partial charge in [0.15, 0.2) is 0 Å². The lowest BCUT2D eigenvalue weighted by atomic mass is 9.93. The Labute approximate surface area is 104 Å². The van der Waals surface area contributed by atoms with E-state index in [1.54, 1.807) is 0 Å². The number of nitrogens with one attached hydrogen (secondary N) is 1. The molecule has 0 aromatic rings. The third kappa shape index (κ3) is 4.28. The second-order valence-corrected chi connectivity index (χ2v) is 5.08. The molecule has 4 nitrogen and oxygen atoms in total. The zero-order valence-electron chi connectivity index (χ0n) is 10.6. The summed E-state index contributed by atoms with van der Waals surface area (Å²) in [6, 6.07) is 0. The maximum atomic E-state index is 12.0. The molecule has 2 aliphatic rings. The average Bonchev–Trinajstić information content (AvgIpc) is 2.66. The summed E-state index contributed by atoms with van der Waals surface area (Å²) in [6.45, 7) is 5.42. The van der Waals surface area contributed by atoms with E-state index >= 15 is 0 Å². The summed E-state index contributed by atoms with van der Waals surface area (Å²) in [5, 5.41) is 3.36. The van der Waals surface area contributed by atoms with Gasteiger partial charge in [-0.2, -0.15) is 0 Å². The van der Waals surface area contributed by atoms with Crippen LogP contribution in [0.2, 0.25) is 0 Å². The molecule has 2 fully saturated rings. The Morgan fingerprint density at radius 2 is 2.06 bits per heavy atom. The van der Waals surface area contributed by atoms with E-state index in [2.05, 4.69) is 5.32 Å². The highest BCUT2D eigenvalue weighted by Crippen LogP contribution is 2.18. The van der Waals surface area contributed by atoms with Crippen LogP contribution in [-0.4, -0.2) is 50.2 Å². The van der Waals surface area contributed by atoms with Crippen molar-refractivity contribution in [2.75, 3.05) is 39.4 Å². The average molecular weight is 240 g/mol. The number of rotatable bonds is 3. The Hall–Kier alpha value is -0.610. The molecule has 0 aromatic heterocycles. The zero-order chi connectivity index (χ0) is 11.9. The number of amides is 1. The second kappa shape index (κ2) is 6.97. The van der Waals surface area contributed by atoms with Gasteiger partial charge in [-0.15, -0.1) is 0 Å². The van der Waals surface area contributed by atoms with Crippen molar-refractivity contribution in [3.63, 3.8) is 0 Å². The topological polar surface area (TPSA) is 41.6 Å². The molecular weight excluding hydrogens is 216 g/mol. The molecule has 98 valence electrons. The number of carbonyl (C=O) groups is 1. The van der Waals surface area contributed by atoms with Crippen LogP contribution in [0.3, 0.4) is 0 Å². The van der Waals surface area contributed by atoms with Crippen LogP contribution < -0.4 is 5.32 Å². The van der Waals surface area contributed by atoms with E-state index in [9.17, 15) is 4.79 Å². The maximum Gasteiger partial charge on any atom is 0.222 e. The SMILES string of the molecule is O=C(CCC1CCNCC1)N1CCCOCC1. The van der Waals surface area contributed by atoms with Gasteiger partial charge in [0.1, 0.15) is 0 Å². The van der Waals surface area contributed by atoms with Crippen LogP contribution >= 0.6 is 0 Å². The van der Waals surface area contributed by atoms with Gasteiger partial charge in [-0.25, -0.2) is 0 Å². The smallest absolute Gasteiger partial charge is 0.222 e. The second-order valence-electron chi connectivity index (χ2n) is 5.08. The van der Waals surface area contributed by atoms with E-state index in [1.165, 1.54) is 12.8 Å². The van der Waals surface area contributed by atoms with E-state index in [0.29, 0.717) is 12.5 Å². The first-order chi connectivity index (χ1) is 8.36. The molecule has 2 saturated heterocycles. The Kier molecular flexibility index (Phi) is 5.26. The molecule has 2 heterocycles. The third-order valence-corrected chi connectivity index (χ3v) is 3.80. The van der Waals surface area contributed by atoms with Gasteiger partial charge < -0.3 is 15.0 Å². The largest absolute Gasteiger partial charge is 0.380 e. The summed E-state index contributed by atoms with van der Waals surface area (Å²) >= 11 is 0. The van der Waals surface area contributed by atoms with E-state index in [0.717, 1.165) is 58.0 Å². The fraction of sp³-hybridized carbons (Fsp3) is 0.923. The van der Waals surface area contributed by atoms with Crippen LogP contribution in [0.25, 0.3) is 0 Å². The van der Waals surface area contributed by atoms with E-state index in [4.69, 9.17) is 4.74 Å². The lowest BCUT2D eigenvalue weighted by molar-refractivity contribution is -0.131. The van der Waals surface area contributed by atoms with Gasteiger partial charge in [0.2, 0.25) is 5.91 Å². The monoisotopic (exact) mass is 240 g/mol. The highest BCUT2D eigenvalue weighted by molar-refractivity contribution is 5.76. The Morgan fingerprint density at radius 3 is 2.88 bits per heavy atom. The van der Waals surface area contributed by atoms with Crippen LogP contribution in [0.15, 0.2) is 0 Å². The molecule has 0 aromatic carbocycles. The van der Waals surface area contributed by atoms with Crippen molar-refractivity contribution >= 4 is 5.91 Å². The molecule has 1 N–H and O–H groups in total. The van der Waals surface area contributed by atoms with Crippen LogP contribution in [0.1, 0.15) is 32.1 Å². The summed E-state index contributed by atoms with van der Waals surface area (Å²) in [4.78, 5) is 14.0. The van der Waals surface area contributed by atoms with Crippen molar-refractivity contribution in [3.8, 4) is 0 Å². The Morgan fingerprint density at radius 1 is 1.24 bits per heavy atom. The molecule has 0 spiro atoms. The lowest BCUT2D eigenvalue weighted by Gasteiger charge is -2.24. The number of hydrogen-bond donors (Lipinski definition) is 1.